The molecule has 1 aromatic heterocycles. The first-order chi connectivity index (χ1) is 16.4. The zero-order valence-corrected chi connectivity index (χ0v) is 19.6. The lowest BCUT2D eigenvalue weighted by molar-refractivity contribution is -0.139. The smallest absolute Gasteiger partial charge is 0.393 e. The summed E-state index contributed by atoms with van der Waals surface area (Å²) in [7, 11) is 1.65. The quantitative estimate of drug-likeness (QED) is 0.636. The second-order valence-corrected chi connectivity index (χ2v) is 9.18. The van der Waals surface area contributed by atoms with E-state index in [4.69, 9.17) is 0 Å². The molecule has 0 saturated heterocycles. The van der Waals surface area contributed by atoms with E-state index in [2.05, 4.69) is 10.4 Å². The molecule has 8 nitrogen and oxygen atoms in total. The SMILES string of the molecule is CC[C@H](O)[C@H]1CN(C)C(=O)c2c3c(nn2C1)C[C@@H](C)N(C(=O)Nc1ccc(F)c(C(F)(F)F)c1)C3. The largest absolute Gasteiger partial charge is 0.419 e. The fourth-order valence-electron chi connectivity index (χ4n) is 4.73. The van der Waals surface area contributed by atoms with Gasteiger partial charge in [0, 0.05) is 49.8 Å². The fraction of sp³-hybridized carbons (Fsp3) is 0.522. The third kappa shape index (κ3) is 4.71. The average molecular weight is 497 g/mol. The first kappa shape index (κ1) is 25.0. The maximum atomic E-state index is 13.6. The Bertz CT molecular complexity index is 1150. The minimum absolute atomic E-state index is 0.0333. The van der Waals surface area contributed by atoms with E-state index in [1.807, 2.05) is 6.92 Å². The van der Waals surface area contributed by atoms with Gasteiger partial charge in [0.1, 0.15) is 11.5 Å². The van der Waals surface area contributed by atoms with Gasteiger partial charge in [0.05, 0.1) is 23.9 Å². The number of rotatable bonds is 3. The van der Waals surface area contributed by atoms with Crippen LogP contribution in [-0.2, 0) is 25.7 Å². The molecular weight excluding hydrogens is 470 g/mol. The van der Waals surface area contributed by atoms with E-state index in [0.717, 1.165) is 6.07 Å². The second kappa shape index (κ2) is 9.14. The Labute approximate surface area is 199 Å². The molecule has 190 valence electrons. The van der Waals surface area contributed by atoms with Gasteiger partial charge in [-0.25, -0.2) is 9.18 Å². The molecule has 35 heavy (non-hydrogen) atoms. The van der Waals surface area contributed by atoms with Gasteiger partial charge in [-0.1, -0.05) is 6.92 Å². The molecule has 2 aromatic rings. The zero-order chi connectivity index (χ0) is 25.7. The van der Waals surface area contributed by atoms with Crippen molar-refractivity contribution in [1.82, 2.24) is 19.6 Å². The van der Waals surface area contributed by atoms with E-state index >= 15 is 0 Å². The Balaban J connectivity index is 1.60. The average Bonchev–Trinajstić information content (AvgIpc) is 3.07. The molecule has 3 atom stereocenters. The number of carbonyl (C=O) groups excluding carboxylic acids is 2. The molecule has 3 amide bonds. The zero-order valence-electron chi connectivity index (χ0n) is 19.6. The molecule has 0 unspecified atom stereocenters. The Morgan fingerprint density at radius 1 is 1.31 bits per heavy atom. The molecule has 4 rings (SSSR count). The van der Waals surface area contributed by atoms with Crippen LogP contribution in [-0.4, -0.2) is 62.4 Å². The molecule has 1 aromatic carbocycles. The van der Waals surface area contributed by atoms with E-state index in [0.29, 0.717) is 55.0 Å². The summed E-state index contributed by atoms with van der Waals surface area (Å²) in [5.74, 6) is -1.90. The molecule has 0 saturated carbocycles. The number of aliphatic hydroxyl groups excluding tert-OH is 1. The van der Waals surface area contributed by atoms with Gasteiger partial charge >= 0.3 is 12.2 Å². The number of benzene rings is 1. The van der Waals surface area contributed by atoms with Crippen LogP contribution >= 0.6 is 0 Å². The van der Waals surface area contributed by atoms with Gasteiger partial charge in [-0.15, -0.1) is 0 Å². The molecule has 12 heteroatoms. The first-order valence-electron chi connectivity index (χ1n) is 11.4. The van der Waals surface area contributed by atoms with E-state index in [9.17, 15) is 32.3 Å². The molecule has 0 spiro atoms. The van der Waals surface area contributed by atoms with Crippen molar-refractivity contribution < 1.29 is 32.3 Å². The summed E-state index contributed by atoms with van der Waals surface area (Å²) in [5, 5.41) is 17.4. The van der Waals surface area contributed by atoms with Crippen molar-refractivity contribution in [3.05, 3.63) is 46.5 Å². The van der Waals surface area contributed by atoms with Crippen LogP contribution in [0.5, 0.6) is 0 Å². The number of aromatic nitrogens is 2. The number of halogens is 4. The highest BCUT2D eigenvalue weighted by Crippen LogP contribution is 2.34. The van der Waals surface area contributed by atoms with Crippen LogP contribution < -0.4 is 5.32 Å². The number of anilines is 1. The summed E-state index contributed by atoms with van der Waals surface area (Å²) >= 11 is 0. The van der Waals surface area contributed by atoms with E-state index in [1.54, 1.807) is 18.7 Å². The maximum Gasteiger partial charge on any atom is 0.419 e. The number of fused-ring (bicyclic) bond motifs is 3. The predicted octanol–water partition coefficient (Wildman–Crippen LogP) is 3.49. The minimum Gasteiger partial charge on any atom is -0.393 e. The Morgan fingerprint density at radius 3 is 2.69 bits per heavy atom. The van der Waals surface area contributed by atoms with Crippen LogP contribution in [0.15, 0.2) is 18.2 Å². The van der Waals surface area contributed by atoms with Crippen molar-refractivity contribution in [2.24, 2.45) is 5.92 Å². The molecule has 2 aliphatic rings. The van der Waals surface area contributed by atoms with Crippen molar-refractivity contribution in [3.8, 4) is 0 Å². The molecule has 0 aliphatic carbocycles. The summed E-state index contributed by atoms with van der Waals surface area (Å²) in [6, 6.07) is 1.25. The summed E-state index contributed by atoms with van der Waals surface area (Å²) in [5.41, 5.74) is -0.0616. The number of aliphatic hydroxyl groups is 1. The lowest BCUT2D eigenvalue weighted by Gasteiger charge is -2.33. The van der Waals surface area contributed by atoms with Gasteiger partial charge in [-0.3, -0.25) is 9.48 Å². The number of carbonyl (C=O) groups is 2. The van der Waals surface area contributed by atoms with Crippen LogP contribution in [0.1, 0.15) is 47.6 Å². The lowest BCUT2D eigenvalue weighted by Crippen LogP contribution is -2.45. The number of hydrogen-bond acceptors (Lipinski definition) is 4. The normalized spacial score (nSPS) is 21.3. The van der Waals surface area contributed by atoms with Gasteiger partial charge < -0.3 is 20.2 Å². The highest BCUT2D eigenvalue weighted by molar-refractivity contribution is 5.95. The Kier molecular flexibility index (Phi) is 6.52. The molecule has 0 radical (unpaired) electrons. The minimum atomic E-state index is -4.90. The fourth-order valence-corrected chi connectivity index (χ4v) is 4.73. The standard InChI is InChI=1S/C23H27F4N5O3/c1-4-19(33)13-9-30(3)21(34)20-15-11-31(12(2)7-18(15)29-32(20)10-13)22(35)28-14-5-6-17(24)16(8-14)23(25,26)27/h5-6,8,12-13,19,33H,4,7,9-11H2,1-3H3,(H,28,35)/t12-,13+,19+/m1/s1. The maximum absolute atomic E-state index is 13.6. The topological polar surface area (TPSA) is 90.7 Å². The number of nitrogens with one attached hydrogen (secondary N) is 1. The third-order valence-corrected chi connectivity index (χ3v) is 6.69. The Morgan fingerprint density at radius 2 is 2.03 bits per heavy atom. The monoisotopic (exact) mass is 497 g/mol. The second-order valence-electron chi connectivity index (χ2n) is 9.18. The molecule has 2 aliphatic heterocycles. The molecular formula is C23H27F4N5O3. The lowest BCUT2D eigenvalue weighted by atomic mass is 9.99. The summed E-state index contributed by atoms with van der Waals surface area (Å²) in [6.45, 7) is 4.38. The molecule has 0 bridgehead atoms. The van der Waals surface area contributed by atoms with Crippen LogP contribution in [0.3, 0.4) is 0 Å². The van der Waals surface area contributed by atoms with Gasteiger partial charge in [0.25, 0.3) is 5.91 Å². The predicted molar refractivity (Wildman–Crippen MR) is 118 cm³/mol. The van der Waals surface area contributed by atoms with Crippen LogP contribution in [0, 0.1) is 11.7 Å². The van der Waals surface area contributed by atoms with Crippen molar-refractivity contribution in [2.45, 2.75) is 58.1 Å². The number of amides is 3. The van der Waals surface area contributed by atoms with E-state index in [-0.39, 0.29) is 30.1 Å². The number of urea groups is 1. The third-order valence-electron chi connectivity index (χ3n) is 6.69. The molecule has 0 fully saturated rings. The van der Waals surface area contributed by atoms with Crippen molar-refractivity contribution in [3.63, 3.8) is 0 Å². The van der Waals surface area contributed by atoms with Crippen LogP contribution in [0.25, 0.3) is 0 Å². The Hall–Kier alpha value is -3.15. The highest BCUT2D eigenvalue weighted by atomic mass is 19.4. The van der Waals surface area contributed by atoms with Gasteiger partial charge in [-0.2, -0.15) is 18.3 Å². The van der Waals surface area contributed by atoms with Gasteiger partial charge in [-0.05, 0) is 31.5 Å². The first-order valence-corrected chi connectivity index (χ1v) is 11.4. The van der Waals surface area contributed by atoms with Crippen molar-refractivity contribution in [1.29, 1.82) is 0 Å². The van der Waals surface area contributed by atoms with Crippen LogP contribution in [0.2, 0.25) is 0 Å². The molecule has 2 N–H and O–H groups in total. The van der Waals surface area contributed by atoms with Gasteiger partial charge in [0.2, 0.25) is 0 Å². The highest BCUT2D eigenvalue weighted by Gasteiger charge is 2.38. The number of hydrogen-bond donors (Lipinski definition) is 2. The van der Waals surface area contributed by atoms with E-state index < -0.39 is 29.7 Å². The summed E-state index contributed by atoms with van der Waals surface area (Å²) in [6.07, 6.45) is -4.62. The summed E-state index contributed by atoms with van der Waals surface area (Å²) < 4.78 is 54.4. The van der Waals surface area contributed by atoms with Crippen LogP contribution in [0.4, 0.5) is 28.0 Å². The van der Waals surface area contributed by atoms with E-state index in [1.165, 1.54) is 9.80 Å². The molecule has 3 heterocycles. The summed E-state index contributed by atoms with van der Waals surface area (Å²) in [4.78, 5) is 29.1. The number of alkyl halides is 3. The van der Waals surface area contributed by atoms with Crippen molar-refractivity contribution in [2.75, 3.05) is 18.9 Å². The number of nitrogens with zero attached hydrogens (tertiary/aromatic N) is 4. The van der Waals surface area contributed by atoms with Crippen molar-refractivity contribution >= 4 is 17.6 Å². The van der Waals surface area contributed by atoms with Gasteiger partial charge in [0.15, 0.2) is 0 Å².